The van der Waals surface area contributed by atoms with E-state index in [9.17, 15) is 4.79 Å². The van der Waals surface area contributed by atoms with Crippen LogP contribution in [0.5, 0.6) is 0 Å². The third kappa shape index (κ3) is 3.17. The molecule has 2 aromatic rings. The number of benzene rings is 1. The molecule has 0 radical (unpaired) electrons. The van der Waals surface area contributed by atoms with E-state index < -0.39 is 0 Å². The highest BCUT2D eigenvalue weighted by Gasteiger charge is 2.11. The molecular formula is C15H16N2O2. The summed E-state index contributed by atoms with van der Waals surface area (Å²) in [5.74, 6) is -0.272. The van der Waals surface area contributed by atoms with Crippen molar-refractivity contribution in [1.82, 2.24) is 10.5 Å². The number of hydrogen-bond donors (Lipinski definition) is 1. The molecule has 1 amide bonds. The van der Waals surface area contributed by atoms with Crippen LogP contribution in [0, 0.1) is 6.92 Å². The van der Waals surface area contributed by atoms with E-state index in [0.717, 1.165) is 11.3 Å². The van der Waals surface area contributed by atoms with Gasteiger partial charge in [-0.2, -0.15) is 0 Å². The molecule has 0 aliphatic heterocycles. The summed E-state index contributed by atoms with van der Waals surface area (Å²) in [7, 11) is 0. The molecule has 0 saturated carbocycles. The van der Waals surface area contributed by atoms with Crippen molar-refractivity contribution in [2.24, 2.45) is 0 Å². The Morgan fingerprint density at radius 1 is 1.21 bits per heavy atom. The molecule has 0 aliphatic rings. The fourth-order valence-corrected chi connectivity index (χ4v) is 1.76. The van der Waals surface area contributed by atoms with Crippen molar-refractivity contribution in [2.75, 3.05) is 6.61 Å². The Bertz CT molecular complexity index is 568. The summed E-state index contributed by atoms with van der Waals surface area (Å²) in [6.07, 6.45) is 0. The maximum Gasteiger partial charge on any atom is 0.276 e. The molecule has 1 N–H and O–H groups in total. The average molecular weight is 256 g/mol. The van der Waals surface area contributed by atoms with Crippen molar-refractivity contribution in [3.8, 4) is 11.3 Å². The Morgan fingerprint density at radius 2 is 1.95 bits per heavy atom. The molecule has 98 valence electrons. The maximum absolute atomic E-state index is 11.8. The number of hydroxylamine groups is 1. The summed E-state index contributed by atoms with van der Waals surface area (Å²) < 4.78 is 0. The fourth-order valence-electron chi connectivity index (χ4n) is 1.76. The monoisotopic (exact) mass is 256 g/mol. The van der Waals surface area contributed by atoms with Crippen LogP contribution in [-0.4, -0.2) is 17.5 Å². The zero-order chi connectivity index (χ0) is 13.7. The molecule has 4 heteroatoms. The third-order valence-electron chi connectivity index (χ3n) is 2.71. The van der Waals surface area contributed by atoms with E-state index in [0.29, 0.717) is 17.9 Å². The topological polar surface area (TPSA) is 51.2 Å². The molecule has 0 aliphatic carbocycles. The van der Waals surface area contributed by atoms with Gasteiger partial charge in [0.1, 0.15) is 0 Å². The standard InChI is InChI=1S/C15H16N2O2/c1-3-19-17-15(18)13-9-10-14(16-11(13)2)12-7-5-4-6-8-12/h4-10H,3H2,1-2H3,(H,17,18). The summed E-state index contributed by atoms with van der Waals surface area (Å²) in [6, 6.07) is 13.5. The average Bonchev–Trinajstić information content (AvgIpc) is 2.45. The van der Waals surface area contributed by atoms with Crippen LogP contribution in [0.25, 0.3) is 11.3 Å². The van der Waals surface area contributed by atoms with Crippen LogP contribution >= 0.6 is 0 Å². The van der Waals surface area contributed by atoms with E-state index in [1.807, 2.05) is 50.2 Å². The van der Waals surface area contributed by atoms with Crippen LogP contribution in [0.2, 0.25) is 0 Å². The Morgan fingerprint density at radius 3 is 2.58 bits per heavy atom. The van der Waals surface area contributed by atoms with Crippen LogP contribution in [-0.2, 0) is 4.84 Å². The Balaban J connectivity index is 2.25. The minimum absolute atomic E-state index is 0.272. The third-order valence-corrected chi connectivity index (χ3v) is 2.71. The van der Waals surface area contributed by atoms with Crippen LogP contribution in [0.4, 0.5) is 0 Å². The number of hydrogen-bond acceptors (Lipinski definition) is 3. The Kier molecular flexibility index (Phi) is 4.26. The minimum atomic E-state index is -0.272. The molecule has 4 nitrogen and oxygen atoms in total. The zero-order valence-electron chi connectivity index (χ0n) is 11.0. The molecule has 0 saturated heterocycles. The number of amides is 1. The lowest BCUT2D eigenvalue weighted by molar-refractivity contribution is 0.0363. The van der Waals surface area contributed by atoms with E-state index in [1.165, 1.54) is 0 Å². The van der Waals surface area contributed by atoms with Crippen molar-refractivity contribution >= 4 is 5.91 Å². The van der Waals surface area contributed by atoms with Gasteiger partial charge >= 0.3 is 0 Å². The van der Waals surface area contributed by atoms with Gasteiger partial charge in [-0.3, -0.25) is 14.6 Å². The van der Waals surface area contributed by atoms with E-state index in [4.69, 9.17) is 4.84 Å². The first-order valence-corrected chi connectivity index (χ1v) is 6.17. The van der Waals surface area contributed by atoms with Crippen molar-refractivity contribution < 1.29 is 9.63 Å². The quantitative estimate of drug-likeness (QED) is 0.856. The fraction of sp³-hybridized carbons (Fsp3) is 0.200. The number of rotatable bonds is 4. The van der Waals surface area contributed by atoms with E-state index in [2.05, 4.69) is 10.5 Å². The molecule has 1 aromatic carbocycles. The number of nitrogens with zero attached hydrogens (tertiary/aromatic N) is 1. The Labute approximate surface area is 112 Å². The lowest BCUT2D eigenvalue weighted by Crippen LogP contribution is -2.24. The normalized spacial score (nSPS) is 10.2. The zero-order valence-corrected chi connectivity index (χ0v) is 11.0. The van der Waals surface area contributed by atoms with Crippen LogP contribution < -0.4 is 5.48 Å². The van der Waals surface area contributed by atoms with Gasteiger partial charge in [-0.05, 0) is 26.0 Å². The molecule has 0 atom stereocenters. The number of aryl methyl sites for hydroxylation is 1. The molecule has 0 unspecified atom stereocenters. The number of nitrogens with one attached hydrogen (secondary N) is 1. The largest absolute Gasteiger partial charge is 0.276 e. The highest BCUT2D eigenvalue weighted by molar-refractivity contribution is 5.94. The lowest BCUT2D eigenvalue weighted by Gasteiger charge is -2.08. The molecule has 1 aromatic heterocycles. The van der Waals surface area contributed by atoms with Crippen molar-refractivity contribution in [1.29, 1.82) is 0 Å². The second-order valence-electron chi connectivity index (χ2n) is 4.06. The van der Waals surface area contributed by atoms with Gasteiger partial charge in [0.05, 0.1) is 23.6 Å². The lowest BCUT2D eigenvalue weighted by atomic mass is 10.1. The number of aromatic nitrogens is 1. The molecule has 0 spiro atoms. The van der Waals surface area contributed by atoms with Gasteiger partial charge in [0.15, 0.2) is 0 Å². The van der Waals surface area contributed by atoms with Gasteiger partial charge in [-0.1, -0.05) is 30.3 Å². The SMILES string of the molecule is CCONC(=O)c1ccc(-c2ccccc2)nc1C. The van der Waals surface area contributed by atoms with E-state index in [-0.39, 0.29) is 5.91 Å². The predicted octanol–water partition coefficient (Wildman–Crippen LogP) is 2.74. The summed E-state index contributed by atoms with van der Waals surface area (Å²) in [6.45, 7) is 4.05. The van der Waals surface area contributed by atoms with Gasteiger partial charge in [0.25, 0.3) is 5.91 Å². The first-order valence-electron chi connectivity index (χ1n) is 6.17. The summed E-state index contributed by atoms with van der Waals surface area (Å²) >= 11 is 0. The number of carbonyl (C=O) groups excluding carboxylic acids is 1. The van der Waals surface area contributed by atoms with E-state index in [1.54, 1.807) is 6.07 Å². The van der Waals surface area contributed by atoms with Crippen molar-refractivity contribution in [2.45, 2.75) is 13.8 Å². The van der Waals surface area contributed by atoms with Gasteiger partial charge in [-0.15, -0.1) is 0 Å². The van der Waals surface area contributed by atoms with Crippen LogP contribution in [0.1, 0.15) is 23.0 Å². The highest BCUT2D eigenvalue weighted by Crippen LogP contribution is 2.18. The minimum Gasteiger partial charge on any atom is -0.274 e. The maximum atomic E-state index is 11.8. The highest BCUT2D eigenvalue weighted by atomic mass is 16.6. The van der Waals surface area contributed by atoms with Crippen molar-refractivity contribution in [3.05, 3.63) is 53.7 Å². The first-order chi connectivity index (χ1) is 9.22. The summed E-state index contributed by atoms with van der Waals surface area (Å²) in [4.78, 5) is 21.1. The first kappa shape index (κ1) is 13.2. The smallest absolute Gasteiger partial charge is 0.274 e. The predicted molar refractivity (Wildman–Crippen MR) is 73.5 cm³/mol. The molecule has 19 heavy (non-hydrogen) atoms. The second-order valence-corrected chi connectivity index (χ2v) is 4.06. The molecule has 0 fully saturated rings. The second kappa shape index (κ2) is 6.11. The van der Waals surface area contributed by atoms with Crippen molar-refractivity contribution in [3.63, 3.8) is 0 Å². The van der Waals surface area contributed by atoms with Crippen LogP contribution in [0.3, 0.4) is 0 Å². The van der Waals surface area contributed by atoms with E-state index >= 15 is 0 Å². The Hall–Kier alpha value is -2.20. The molecule has 0 bridgehead atoms. The van der Waals surface area contributed by atoms with Gasteiger partial charge in [0, 0.05) is 5.56 Å². The number of carbonyl (C=O) groups is 1. The van der Waals surface area contributed by atoms with Gasteiger partial charge < -0.3 is 0 Å². The molecule has 1 heterocycles. The van der Waals surface area contributed by atoms with Crippen LogP contribution in [0.15, 0.2) is 42.5 Å². The number of pyridine rings is 1. The summed E-state index contributed by atoms with van der Waals surface area (Å²) in [5.41, 5.74) is 5.45. The van der Waals surface area contributed by atoms with Gasteiger partial charge in [0.2, 0.25) is 0 Å². The molecule has 2 rings (SSSR count). The molecular weight excluding hydrogens is 240 g/mol. The summed E-state index contributed by atoms with van der Waals surface area (Å²) in [5, 5.41) is 0. The van der Waals surface area contributed by atoms with Gasteiger partial charge in [-0.25, -0.2) is 5.48 Å².